The minimum Gasteiger partial charge on any atom is -0.493 e. The highest BCUT2D eigenvalue weighted by atomic mass is 79.9. The minimum atomic E-state index is -0.259. The fraction of sp³-hybridized carbons (Fsp3) is 0.350. The standard InChI is InChI=1S/C20H17BrN2O4/c1-3-6-27-18-14(21)7-11(8-15(18)26-2)10-22-23-19(24)16-12-4-5-13(9-12)17(16)20(23)25/h1,4-5,7-8,10,12-13,16-17H,6,9H2,2H3/t12-,13-,16-,17+/m0/s1. The van der Waals surface area contributed by atoms with E-state index in [0.717, 1.165) is 11.4 Å². The molecule has 2 bridgehead atoms. The van der Waals surface area contributed by atoms with E-state index in [9.17, 15) is 9.59 Å². The third kappa shape index (κ3) is 2.85. The average molecular weight is 429 g/mol. The van der Waals surface area contributed by atoms with Crippen LogP contribution in [-0.4, -0.2) is 36.8 Å². The molecule has 2 amide bonds. The first-order valence-electron chi connectivity index (χ1n) is 8.59. The van der Waals surface area contributed by atoms with Gasteiger partial charge in [-0.15, -0.1) is 6.42 Å². The van der Waals surface area contributed by atoms with Gasteiger partial charge in [-0.05, 0) is 51.9 Å². The van der Waals surface area contributed by atoms with Crippen LogP contribution >= 0.6 is 15.9 Å². The molecule has 7 heteroatoms. The van der Waals surface area contributed by atoms with Crippen molar-refractivity contribution in [2.75, 3.05) is 13.7 Å². The molecule has 2 aliphatic carbocycles. The number of benzene rings is 1. The van der Waals surface area contributed by atoms with Crippen LogP contribution in [-0.2, 0) is 9.59 Å². The molecule has 4 rings (SSSR count). The predicted molar refractivity (Wildman–Crippen MR) is 102 cm³/mol. The second-order valence-electron chi connectivity index (χ2n) is 6.76. The van der Waals surface area contributed by atoms with Gasteiger partial charge in [0.25, 0.3) is 11.8 Å². The highest BCUT2D eigenvalue weighted by Gasteiger charge is 2.59. The number of fused-ring (bicyclic) bond motifs is 5. The lowest BCUT2D eigenvalue weighted by Gasteiger charge is -2.13. The summed E-state index contributed by atoms with van der Waals surface area (Å²) in [5, 5.41) is 5.19. The van der Waals surface area contributed by atoms with Gasteiger partial charge in [0.15, 0.2) is 11.5 Å². The number of rotatable bonds is 5. The van der Waals surface area contributed by atoms with E-state index in [1.54, 1.807) is 12.1 Å². The van der Waals surface area contributed by atoms with Gasteiger partial charge >= 0.3 is 0 Å². The number of carbonyl (C=O) groups is 2. The number of amides is 2. The van der Waals surface area contributed by atoms with Gasteiger partial charge in [0.2, 0.25) is 0 Å². The first kappa shape index (κ1) is 17.8. The van der Waals surface area contributed by atoms with Gasteiger partial charge in [0, 0.05) is 0 Å². The normalized spacial score (nSPS) is 28.1. The molecule has 1 aromatic carbocycles. The summed E-state index contributed by atoms with van der Waals surface area (Å²) >= 11 is 3.42. The Labute approximate surface area is 165 Å². The van der Waals surface area contributed by atoms with Crippen LogP contribution in [0.5, 0.6) is 11.5 Å². The molecule has 1 saturated carbocycles. The molecule has 0 N–H and O–H groups in total. The summed E-state index contributed by atoms with van der Waals surface area (Å²) in [4.78, 5) is 25.3. The molecule has 1 aromatic rings. The number of carbonyl (C=O) groups excluding carboxylic acids is 2. The number of imide groups is 1. The van der Waals surface area contributed by atoms with Gasteiger partial charge in [-0.25, -0.2) is 0 Å². The van der Waals surface area contributed by atoms with Crippen LogP contribution < -0.4 is 9.47 Å². The molecule has 138 valence electrons. The van der Waals surface area contributed by atoms with Crippen LogP contribution in [0.15, 0.2) is 33.9 Å². The van der Waals surface area contributed by atoms with Crippen molar-refractivity contribution in [3.8, 4) is 23.8 Å². The minimum absolute atomic E-state index is 0.109. The Morgan fingerprint density at radius 2 is 1.96 bits per heavy atom. The molecule has 3 aliphatic rings. The summed E-state index contributed by atoms with van der Waals surface area (Å²) in [5.41, 5.74) is 0.658. The smallest absolute Gasteiger partial charge is 0.254 e. The Morgan fingerprint density at radius 1 is 1.30 bits per heavy atom. The van der Waals surface area contributed by atoms with Crippen molar-refractivity contribution < 1.29 is 19.1 Å². The number of methoxy groups -OCH3 is 1. The topological polar surface area (TPSA) is 68.2 Å². The van der Waals surface area contributed by atoms with Crippen molar-refractivity contribution in [2.45, 2.75) is 6.42 Å². The predicted octanol–water partition coefficient (Wildman–Crippen LogP) is 2.61. The SMILES string of the molecule is C#CCOc1c(Br)cc(C=NN2C(=O)[C@@H]3[C@H](C2=O)[C@H]2C=C[C@H]3C2)cc1OC. The van der Waals surface area contributed by atoms with Crippen LogP contribution in [0.4, 0.5) is 0 Å². The van der Waals surface area contributed by atoms with Crippen molar-refractivity contribution in [3.05, 3.63) is 34.3 Å². The highest BCUT2D eigenvalue weighted by molar-refractivity contribution is 9.10. The van der Waals surface area contributed by atoms with Crippen molar-refractivity contribution >= 4 is 34.0 Å². The number of allylic oxidation sites excluding steroid dienone is 2. The summed E-state index contributed by atoms with van der Waals surface area (Å²) in [6.45, 7) is 0.109. The second-order valence-corrected chi connectivity index (χ2v) is 7.61. The van der Waals surface area contributed by atoms with E-state index in [1.165, 1.54) is 13.3 Å². The monoisotopic (exact) mass is 428 g/mol. The molecule has 0 aromatic heterocycles. The quantitative estimate of drug-likeness (QED) is 0.312. The van der Waals surface area contributed by atoms with Gasteiger partial charge in [-0.2, -0.15) is 10.1 Å². The molecule has 2 fully saturated rings. The van der Waals surface area contributed by atoms with E-state index >= 15 is 0 Å². The fourth-order valence-electron chi connectivity index (χ4n) is 4.19. The zero-order valence-electron chi connectivity index (χ0n) is 14.6. The molecule has 27 heavy (non-hydrogen) atoms. The number of hydrogen-bond donors (Lipinski definition) is 0. The lowest BCUT2D eigenvalue weighted by Crippen LogP contribution is -2.28. The number of ether oxygens (including phenoxy) is 2. The van der Waals surface area contributed by atoms with Crippen LogP contribution in [0, 0.1) is 36.0 Å². The summed E-state index contributed by atoms with van der Waals surface area (Å²) in [6.07, 6.45) is 11.7. The summed E-state index contributed by atoms with van der Waals surface area (Å²) < 4.78 is 11.4. The molecule has 4 atom stereocenters. The van der Waals surface area contributed by atoms with E-state index < -0.39 is 0 Å². The Kier molecular flexibility index (Phi) is 4.52. The Hall–Kier alpha value is -2.59. The van der Waals surface area contributed by atoms with Crippen LogP contribution in [0.3, 0.4) is 0 Å². The first-order valence-corrected chi connectivity index (χ1v) is 9.38. The van der Waals surface area contributed by atoms with Crippen molar-refractivity contribution in [1.29, 1.82) is 0 Å². The maximum Gasteiger partial charge on any atom is 0.254 e. The average Bonchev–Trinajstić information content (AvgIpc) is 3.33. The maximum absolute atomic E-state index is 12.7. The number of hydrazone groups is 1. The van der Waals surface area contributed by atoms with E-state index in [0.29, 0.717) is 21.5 Å². The van der Waals surface area contributed by atoms with Crippen LogP contribution in [0.1, 0.15) is 12.0 Å². The molecule has 1 aliphatic heterocycles. The van der Waals surface area contributed by atoms with Crippen molar-refractivity contribution in [3.63, 3.8) is 0 Å². The number of nitrogens with zero attached hydrogens (tertiary/aromatic N) is 2. The molecule has 0 unspecified atom stereocenters. The first-order chi connectivity index (χ1) is 13.0. The van der Waals surface area contributed by atoms with Gasteiger partial charge in [0.05, 0.1) is 29.6 Å². The number of hydrogen-bond acceptors (Lipinski definition) is 5. The van der Waals surface area contributed by atoms with Crippen molar-refractivity contribution in [2.24, 2.45) is 28.8 Å². The van der Waals surface area contributed by atoms with Crippen LogP contribution in [0.2, 0.25) is 0 Å². The molecule has 1 heterocycles. The van der Waals surface area contributed by atoms with Gasteiger partial charge in [-0.3, -0.25) is 9.59 Å². The summed E-state index contributed by atoms with van der Waals surface area (Å²) in [5.74, 6) is 2.75. The molecule has 0 radical (unpaired) electrons. The van der Waals surface area contributed by atoms with E-state index in [-0.39, 0.29) is 42.1 Å². The van der Waals surface area contributed by atoms with Gasteiger partial charge < -0.3 is 9.47 Å². The zero-order chi connectivity index (χ0) is 19.1. The Bertz CT molecular complexity index is 887. The molecule has 6 nitrogen and oxygen atoms in total. The summed E-state index contributed by atoms with van der Waals surface area (Å²) in [6, 6.07) is 3.46. The third-order valence-corrected chi connectivity index (χ3v) is 5.91. The fourth-order valence-corrected chi connectivity index (χ4v) is 4.77. The maximum atomic E-state index is 12.7. The number of terminal acetylenes is 1. The van der Waals surface area contributed by atoms with E-state index in [2.05, 4.69) is 39.1 Å². The Balaban J connectivity index is 1.57. The molecule has 0 spiro atoms. The zero-order valence-corrected chi connectivity index (χ0v) is 16.2. The highest BCUT2D eigenvalue weighted by Crippen LogP contribution is 2.52. The third-order valence-electron chi connectivity index (χ3n) is 5.32. The largest absolute Gasteiger partial charge is 0.493 e. The van der Waals surface area contributed by atoms with Gasteiger partial charge in [-0.1, -0.05) is 18.1 Å². The van der Waals surface area contributed by atoms with Gasteiger partial charge in [0.1, 0.15) is 6.61 Å². The molecular weight excluding hydrogens is 412 g/mol. The Morgan fingerprint density at radius 3 is 2.56 bits per heavy atom. The van der Waals surface area contributed by atoms with E-state index in [4.69, 9.17) is 15.9 Å². The van der Waals surface area contributed by atoms with Crippen molar-refractivity contribution in [1.82, 2.24) is 5.01 Å². The van der Waals surface area contributed by atoms with E-state index in [1.807, 2.05) is 0 Å². The lowest BCUT2D eigenvalue weighted by atomic mass is 9.85. The second kappa shape index (κ2) is 6.86. The summed E-state index contributed by atoms with van der Waals surface area (Å²) in [7, 11) is 1.52. The van der Waals surface area contributed by atoms with Crippen LogP contribution in [0.25, 0.3) is 0 Å². The molecule has 1 saturated heterocycles. The number of halogens is 1. The lowest BCUT2D eigenvalue weighted by molar-refractivity contribution is -0.140. The molecular formula is C20H17BrN2O4.